The molecule has 5 nitrogen and oxygen atoms in total. The zero-order valence-electron chi connectivity index (χ0n) is 11.1. The highest BCUT2D eigenvalue weighted by atomic mass is 32.1. The summed E-state index contributed by atoms with van der Waals surface area (Å²) in [6, 6.07) is 5.66. The Bertz CT molecular complexity index is 769. The van der Waals surface area contributed by atoms with Gasteiger partial charge in [-0.25, -0.2) is 0 Å². The number of carbonyl (C=O) groups is 1. The van der Waals surface area contributed by atoms with E-state index in [4.69, 9.17) is 17.3 Å². The van der Waals surface area contributed by atoms with Gasteiger partial charge in [-0.2, -0.15) is 0 Å². The number of H-pyrrole nitrogens is 1. The number of aryl methyl sites for hydroxylation is 2. The second-order valence-electron chi connectivity index (χ2n) is 4.68. The fourth-order valence-corrected chi connectivity index (χ4v) is 2.36. The third-order valence-electron chi connectivity index (χ3n) is 2.86. The maximum atomic E-state index is 12.4. The van der Waals surface area contributed by atoms with Crippen LogP contribution in [0.3, 0.4) is 0 Å². The molecule has 20 heavy (non-hydrogen) atoms. The first-order chi connectivity index (χ1) is 9.38. The SMILES string of the molecule is Cc1cc(C)cc(-n2c(=S)[nH]cc(CC(=O)O)c2=O)c1. The van der Waals surface area contributed by atoms with Crippen molar-refractivity contribution < 1.29 is 9.90 Å². The molecule has 0 bridgehead atoms. The smallest absolute Gasteiger partial charge is 0.308 e. The standard InChI is InChI=1S/C14H14N2O3S/c1-8-3-9(2)5-11(4-8)16-13(19)10(6-12(17)18)7-15-14(16)20/h3-5,7H,6H2,1-2H3,(H,15,20)(H,17,18). The molecule has 6 heteroatoms. The van der Waals surface area contributed by atoms with E-state index >= 15 is 0 Å². The van der Waals surface area contributed by atoms with Gasteiger partial charge in [-0.05, 0) is 49.3 Å². The number of hydrogen-bond donors (Lipinski definition) is 2. The minimum atomic E-state index is -1.06. The number of hydrogen-bond acceptors (Lipinski definition) is 3. The van der Waals surface area contributed by atoms with Crippen LogP contribution in [0.1, 0.15) is 16.7 Å². The highest BCUT2D eigenvalue weighted by Crippen LogP contribution is 2.12. The van der Waals surface area contributed by atoms with Crippen LogP contribution in [-0.2, 0) is 11.2 Å². The van der Waals surface area contributed by atoms with Gasteiger partial charge in [0.2, 0.25) is 0 Å². The van der Waals surface area contributed by atoms with Crippen LogP contribution in [-0.4, -0.2) is 20.6 Å². The van der Waals surface area contributed by atoms with Crippen molar-refractivity contribution in [3.8, 4) is 5.69 Å². The fraction of sp³-hybridized carbons (Fsp3) is 0.214. The van der Waals surface area contributed by atoms with Gasteiger partial charge in [0.1, 0.15) is 0 Å². The molecular weight excluding hydrogens is 276 g/mol. The molecule has 0 saturated carbocycles. The van der Waals surface area contributed by atoms with Crippen molar-refractivity contribution in [1.29, 1.82) is 0 Å². The third-order valence-corrected chi connectivity index (χ3v) is 3.16. The van der Waals surface area contributed by atoms with Crippen molar-refractivity contribution in [1.82, 2.24) is 9.55 Å². The highest BCUT2D eigenvalue weighted by molar-refractivity contribution is 7.71. The van der Waals surface area contributed by atoms with Gasteiger partial charge in [-0.3, -0.25) is 14.2 Å². The zero-order chi connectivity index (χ0) is 14.9. The summed E-state index contributed by atoms with van der Waals surface area (Å²) in [5, 5.41) is 8.82. The molecular formula is C14H14N2O3S. The Morgan fingerprint density at radius 1 is 1.30 bits per heavy atom. The Morgan fingerprint density at radius 3 is 2.45 bits per heavy atom. The molecule has 0 radical (unpaired) electrons. The van der Waals surface area contributed by atoms with Crippen LogP contribution in [0.5, 0.6) is 0 Å². The monoisotopic (exact) mass is 290 g/mol. The lowest BCUT2D eigenvalue weighted by atomic mass is 10.1. The molecule has 0 saturated heterocycles. The maximum absolute atomic E-state index is 12.4. The Labute approximate surface area is 120 Å². The molecule has 0 aliphatic carbocycles. The van der Waals surface area contributed by atoms with Crippen LogP contribution in [0.15, 0.2) is 29.2 Å². The zero-order valence-corrected chi connectivity index (χ0v) is 12.0. The largest absolute Gasteiger partial charge is 0.481 e. The van der Waals surface area contributed by atoms with E-state index in [0.717, 1.165) is 11.1 Å². The van der Waals surface area contributed by atoms with Crippen LogP contribution < -0.4 is 5.56 Å². The molecule has 2 rings (SSSR count). The number of aliphatic carboxylic acids is 1. The minimum Gasteiger partial charge on any atom is -0.481 e. The Balaban J connectivity index is 2.70. The van der Waals surface area contributed by atoms with Crippen molar-refractivity contribution >= 4 is 18.2 Å². The first kappa shape index (κ1) is 14.2. The van der Waals surface area contributed by atoms with E-state index in [1.165, 1.54) is 10.8 Å². The maximum Gasteiger partial charge on any atom is 0.308 e. The summed E-state index contributed by atoms with van der Waals surface area (Å²) < 4.78 is 1.57. The first-order valence-electron chi connectivity index (χ1n) is 6.02. The van der Waals surface area contributed by atoms with E-state index in [1.54, 1.807) is 0 Å². The lowest BCUT2D eigenvalue weighted by molar-refractivity contribution is -0.136. The van der Waals surface area contributed by atoms with Crippen molar-refractivity contribution in [3.63, 3.8) is 0 Å². The summed E-state index contributed by atoms with van der Waals surface area (Å²) in [4.78, 5) is 25.9. The average molecular weight is 290 g/mol. The topological polar surface area (TPSA) is 75.1 Å². The number of aromatic amines is 1. The van der Waals surface area contributed by atoms with Crippen LogP contribution in [0.25, 0.3) is 5.69 Å². The van der Waals surface area contributed by atoms with Crippen LogP contribution in [0.2, 0.25) is 0 Å². The fourth-order valence-electron chi connectivity index (χ4n) is 2.11. The first-order valence-corrected chi connectivity index (χ1v) is 6.43. The number of carboxylic acid groups (broad SMARTS) is 1. The van der Waals surface area contributed by atoms with Crippen molar-refractivity contribution in [3.05, 3.63) is 56.2 Å². The number of carboxylic acids is 1. The molecule has 1 aromatic heterocycles. The van der Waals surface area contributed by atoms with Crippen molar-refractivity contribution in [2.75, 3.05) is 0 Å². The Hall–Kier alpha value is -2.21. The van der Waals surface area contributed by atoms with Gasteiger partial charge in [-0.15, -0.1) is 0 Å². The van der Waals surface area contributed by atoms with Gasteiger partial charge in [0.25, 0.3) is 5.56 Å². The number of benzene rings is 1. The molecule has 0 fully saturated rings. The molecule has 1 heterocycles. The van der Waals surface area contributed by atoms with E-state index in [1.807, 2.05) is 32.0 Å². The molecule has 0 aliphatic rings. The van der Waals surface area contributed by atoms with Crippen LogP contribution >= 0.6 is 12.2 Å². The van der Waals surface area contributed by atoms with Gasteiger partial charge in [0.15, 0.2) is 4.77 Å². The highest BCUT2D eigenvalue weighted by Gasteiger charge is 2.11. The lowest BCUT2D eigenvalue weighted by Gasteiger charge is -2.09. The second kappa shape index (κ2) is 5.42. The molecule has 0 atom stereocenters. The minimum absolute atomic E-state index is 0.172. The van der Waals surface area contributed by atoms with E-state index in [-0.39, 0.29) is 16.8 Å². The van der Waals surface area contributed by atoms with Gasteiger partial charge in [0, 0.05) is 11.8 Å². The van der Waals surface area contributed by atoms with E-state index in [9.17, 15) is 9.59 Å². The van der Waals surface area contributed by atoms with E-state index in [2.05, 4.69) is 4.98 Å². The van der Waals surface area contributed by atoms with Crippen molar-refractivity contribution in [2.45, 2.75) is 20.3 Å². The Kier molecular flexibility index (Phi) is 3.85. The predicted molar refractivity (Wildman–Crippen MR) is 78.0 cm³/mol. The molecule has 104 valence electrons. The summed E-state index contributed by atoms with van der Waals surface area (Å²) in [7, 11) is 0. The number of nitrogens with zero attached hydrogens (tertiary/aromatic N) is 1. The lowest BCUT2D eigenvalue weighted by Crippen LogP contribution is -2.25. The molecule has 0 aliphatic heterocycles. The van der Waals surface area contributed by atoms with Gasteiger partial charge >= 0.3 is 5.97 Å². The van der Waals surface area contributed by atoms with Gasteiger partial charge in [0.05, 0.1) is 12.1 Å². The average Bonchev–Trinajstić information content (AvgIpc) is 2.31. The quantitative estimate of drug-likeness (QED) is 0.849. The number of rotatable bonds is 3. The molecule has 0 amide bonds. The third kappa shape index (κ3) is 2.85. The number of aromatic nitrogens is 2. The molecule has 2 N–H and O–H groups in total. The summed E-state index contributed by atoms with van der Waals surface area (Å²) in [6.45, 7) is 3.85. The second-order valence-corrected chi connectivity index (χ2v) is 5.06. The van der Waals surface area contributed by atoms with E-state index in [0.29, 0.717) is 5.69 Å². The summed E-state index contributed by atoms with van der Waals surface area (Å²) in [6.07, 6.45) is 1.02. The molecule has 2 aromatic rings. The summed E-state index contributed by atoms with van der Waals surface area (Å²) >= 11 is 5.14. The van der Waals surface area contributed by atoms with Crippen LogP contribution in [0.4, 0.5) is 0 Å². The van der Waals surface area contributed by atoms with Gasteiger partial charge < -0.3 is 10.1 Å². The van der Waals surface area contributed by atoms with Crippen molar-refractivity contribution in [2.24, 2.45) is 0 Å². The van der Waals surface area contributed by atoms with E-state index < -0.39 is 11.5 Å². The predicted octanol–water partition coefficient (Wildman–Crippen LogP) is 2.14. The normalized spacial score (nSPS) is 10.5. The van der Waals surface area contributed by atoms with Gasteiger partial charge in [-0.1, -0.05) is 6.07 Å². The molecule has 1 aromatic carbocycles. The molecule has 0 spiro atoms. The summed E-state index contributed by atoms with van der Waals surface area (Å²) in [5.41, 5.74) is 2.42. The number of nitrogens with one attached hydrogen (secondary N) is 1. The molecule has 0 unspecified atom stereocenters. The summed E-state index contributed by atoms with van der Waals surface area (Å²) in [5.74, 6) is -1.06. The van der Waals surface area contributed by atoms with Crippen LogP contribution in [0, 0.1) is 18.6 Å². The Morgan fingerprint density at radius 2 is 1.90 bits per heavy atom.